The quantitative estimate of drug-likeness (QED) is 0.363. The van der Waals surface area contributed by atoms with Crippen molar-refractivity contribution in [2.45, 2.75) is 30.7 Å². The molecule has 5 atom stereocenters. The molecule has 5 nitrogen and oxygen atoms in total. The molecule has 6 heteroatoms. The van der Waals surface area contributed by atoms with Crippen LogP contribution in [0.1, 0.15) is 0 Å². The van der Waals surface area contributed by atoms with Crippen LogP contribution in [0.15, 0.2) is 0 Å². The van der Waals surface area contributed by atoms with Crippen LogP contribution in [0.25, 0.3) is 0 Å². The van der Waals surface area contributed by atoms with Gasteiger partial charge in [-0.25, -0.2) is 4.39 Å². The van der Waals surface area contributed by atoms with E-state index < -0.39 is 30.7 Å². The molecule has 1 aliphatic heterocycles. The normalized spacial score (nSPS) is 49.2. The van der Waals surface area contributed by atoms with Crippen molar-refractivity contribution in [3.05, 3.63) is 0 Å². The van der Waals surface area contributed by atoms with Gasteiger partial charge in [-0.05, 0) is 0 Å². The first kappa shape index (κ1) is 9.82. The van der Waals surface area contributed by atoms with E-state index in [4.69, 9.17) is 26.4 Å². The Bertz CT molecular complexity index is 155. The summed E-state index contributed by atoms with van der Waals surface area (Å²) in [4.78, 5) is 0. The minimum atomic E-state index is -1.63. The molecule has 1 rings (SSSR count). The zero-order valence-corrected chi connectivity index (χ0v) is 6.43. The van der Waals surface area contributed by atoms with Gasteiger partial charge in [-0.2, -0.15) is 0 Å². The second-order valence-electron chi connectivity index (χ2n) is 2.81. The number of hydrogen-bond acceptors (Lipinski definition) is 5. The summed E-state index contributed by atoms with van der Waals surface area (Å²) >= 11 is 0. The maximum absolute atomic E-state index is 13.0. The average molecular weight is 180 g/mol. The summed E-state index contributed by atoms with van der Waals surface area (Å²) in [6.45, 7) is -0.0952. The predicted molar refractivity (Wildman–Crippen MR) is 38.8 cm³/mol. The van der Waals surface area contributed by atoms with Crippen molar-refractivity contribution < 1.29 is 19.3 Å². The van der Waals surface area contributed by atoms with Crippen LogP contribution < -0.4 is 11.5 Å². The van der Waals surface area contributed by atoms with E-state index in [1.54, 1.807) is 0 Å². The van der Waals surface area contributed by atoms with Gasteiger partial charge in [0.15, 0.2) is 12.5 Å². The predicted octanol–water partition coefficient (Wildman–Crippen LogP) is -2.31. The Morgan fingerprint density at radius 3 is 2.50 bits per heavy atom. The Morgan fingerprint density at radius 1 is 1.42 bits per heavy atom. The Morgan fingerprint density at radius 2 is 2.00 bits per heavy atom. The average Bonchev–Trinajstić information content (AvgIpc) is 2.08. The summed E-state index contributed by atoms with van der Waals surface area (Å²) in [6, 6.07) is -1.11. The number of aliphatic hydroxyl groups is 2. The number of aliphatic hydroxyl groups excluding tert-OH is 2. The van der Waals surface area contributed by atoms with E-state index in [0.717, 1.165) is 0 Å². The van der Waals surface area contributed by atoms with E-state index in [1.165, 1.54) is 0 Å². The van der Waals surface area contributed by atoms with Crippen LogP contribution >= 0.6 is 0 Å². The fourth-order valence-corrected chi connectivity index (χ4v) is 1.13. The standard InChI is InChI=1S/C6H13FN2O3/c7-3-2(1-8)12-6(11)4(9)5(3)10/h2-6,10-11H,1,8-9H2/t2?,3?,4?,5?,6-/m0/s1. The molecule has 0 bridgehead atoms. The van der Waals surface area contributed by atoms with E-state index in [1.807, 2.05) is 0 Å². The summed E-state index contributed by atoms with van der Waals surface area (Å²) in [5.74, 6) is 0. The van der Waals surface area contributed by atoms with Crippen molar-refractivity contribution in [2.75, 3.05) is 6.54 Å². The second-order valence-corrected chi connectivity index (χ2v) is 2.81. The molecule has 0 amide bonds. The third-order valence-corrected chi connectivity index (χ3v) is 1.95. The smallest absolute Gasteiger partial charge is 0.172 e. The molecule has 0 aromatic heterocycles. The fraction of sp³-hybridized carbons (Fsp3) is 1.00. The van der Waals surface area contributed by atoms with Crippen molar-refractivity contribution in [2.24, 2.45) is 11.5 Å². The lowest BCUT2D eigenvalue weighted by molar-refractivity contribution is -0.224. The lowest BCUT2D eigenvalue weighted by atomic mass is 9.99. The van der Waals surface area contributed by atoms with E-state index in [-0.39, 0.29) is 6.54 Å². The van der Waals surface area contributed by atoms with Crippen LogP contribution in [0.3, 0.4) is 0 Å². The van der Waals surface area contributed by atoms with Gasteiger partial charge in [-0.1, -0.05) is 0 Å². The Kier molecular flexibility index (Phi) is 2.97. The Labute approximate surface area is 69.1 Å². The lowest BCUT2D eigenvalue weighted by Crippen LogP contribution is -2.61. The molecule has 72 valence electrons. The Balaban J connectivity index is 2.63. The zero-order valence-electron chi connectivity index (χ0n) is 6.43. The summed E-state index contributed by atoms with van der Waals surface area (Å²) in [5, 5.41) is 18.2. The first-order valence-corrected chi connectivity index (χ1v) is 3.69. The van der Waals surface area contributed by atoms with Gasteiger partial charge in [0.25, 0.3) is 0 Å². The summed E-state index contributed by atoms with van der Waals surface area (Å²) in [6.07, 6.45) is -5.37. The van der Waals surface area contributed by atoms with E-state index in [2.05, 4.69) is 0 Å². The number of ether oxygens (including phenoxy) is 1. The van der Waals surface area contributed by atoms with Gasteiger partial charge < -0.3 is 26.4 Å². The maximum Gasteiger partial charge on any atom is 0.172 e. The van der Waals surface area contributed by atoms with Crippen LogP contribution in [0.5, 0.6) is 0 Å². The van der Waals surface area contributed by atoms with Crippen molar-refractivity contribution in [3.8, 4) is 0 Å². The molecule has 1 fully saturated rings. The summed E-state index contributed by atoms with van der Waals surface area (Å²) in [5.41, 5.74) is 10.4. The molecule has 4 unspecified atom stereocenters. The molecule has 0 aromatic carbocycles. The van der Waals surface area contributed by atoms with Crippen LogP contribution in [-0.4, -0.2) is 47.5 Å². The molecule has 6 N–H and O–H groups in total. The molecule has 1 aliphatic rings. The molecule has 12 heavy (non-hydrogen) atoms. The number of alkyl halides is 1. The number of rotatable bonds is 1. The van der Waals surface area contributed by atoms with Gasteiger partial charge in [0.2, 0.25) is 0 Å². The molecule has 0 aromatic rings. The van der Waals surface area contributed by atoms with Crippen LogP contribution in [0.2, 0.25) is 0 Å². The lowest BCUT2D eigenvalue weighted by Gasteiger charge is -2.37. The number of halogens is 1. The van der Waals surface area contributed by atoms with Gasteiger partial charge in [-0.3, -0.25) is 0 Å². The van der Waals surface area contributed by atoms with Crippen molar-refractivity contribution in [3.63, 3.8) is 0 Å². The largest absolute Gasteiger partial charge is 0.388 e. The molecule has 0 spiro atoms. The van der Waals surface area contributed by atoms with Crippen molar-refractivity contribution in [1.82, 2.24) is 0 Å². The van der Waals surface area contributed by atoms with E-state index in [0.29, 0.717) is 0 Å². The highest BCUT2D eigenvalue weighted by Gasteiger charge is 2.42. The molecule has 1 saturated heterocycles. The molecule has 0 radical (unpaired) electrons. The van der Waals surface area contributed by atoms with Crippen LogP contribution in [-0.2, 0) is 4.74 Å². The van der Waals surface area contributed by atoms with Crippen molar-refractivity contribution >= 4 is 0 Å². The topological polar surface area (TPSA) is 102 Å². The molecular weight excluding hydrogens is 167 g/mol. The highest BCUT2D eigenvalue weighted by atomic mass is 19.1. The molecule has 0 aliphatic carbocycles. The third kappa shape index (κ3) is 1.57. The van der Waals surface area contributed by atoms with Gasteiger partial charge >= 0.3 is 0 Å². The number of hydrogen-bond donors (Lipinski definition) is 4. The highest BCUT2D eigenvalue weighted by molar-refractivity contribution is 4.91. The van der Waals surface area contributed by atoms with Gasteiger partial charge in [0, 0.05) is 6.54 Å². The molecular formula is C6H13FN2O3. The zero-order chi connectivity index (χ0) is 9.30. The first-order valence-electron chi connectivity index (χ1n) is 3.69. The molecule has 1 heterocycles. The minimum absolute atomic E-state index is 0.0952. The van der Waals surface area contributed by atoms with E-state index in [9.17, 15) is 4.39 Å². The van der Waals surface area contributed by atoms with Gasteiger partial charge in [0.05, 0.1) is 6.04 Å². The summed E-state index contributed by atoms with van der Waals surface area (Å²) < 4.78 is 17.7. The highest BCUT2D eigenvalue weighted by Crippen LogP contribution is 2.20. The van der Waals surface area contributed by atoms with Crippen molar-refractivity contribution in [1.29, 1.82) is 0 Å². The fourth-order valence-electron chi connectivity index (χ4n) is 1.13. The summed E-state index contributed by atoms with van der Waals surface area (Å²) in [7, 11) is 0. The maximum atomic E-state index is 13.0. The monoisotopic (exact) mass is 180 g/mol. The van der Waals surface area contributed by atoms with Crippen LogP contribution in [0.4, 0.5) is 4.39 Å². The van der Waals surface area contributed by atoms with Crippen LogP contribution in [0, 0.1) is 0 Å². The molecule has 0 saturated carbocycles. The minimum Gasteiger partial charge on any atom is -0.388 e. The Hall–Kier alpha value is -0.270. The van der Waals surface area contributed by atoms with Gasteiger partial charge in [-0.15, -0.1) is 0 Å². The van der Waals surface area contributed by atoms with E-state index >= 15 is 0 Å². The second kappa shape index (κ2) is 3.63. The third-order valence-electron chi connectivity index (χ3n) is 1.95. The van der Waals surface area contributed by atoms with Gasteiger partial charge in [0.1, 0.15) is 12.2 Å². The first-order chi connectivity index (χ1) is 5.57. The SMILES string of the molecule is NCC1O[C@H](O)C(N)C(O)C1F. The number of nitrogens with two attached hydrogens (primary N) is 2.